The zero-order chi connectivity index (χ0) is 19.1. The second-order valence-electron chi connectivity index (χ2n) is 5.97. The predicted molar refractivity (Wildman–Crippen MR) is 96.6 cm³/mol. The van der Waals surface area contributed by atoms with Gasteiger partial charge in [0.2, 0.25) is 0 Å². The lowest BCUT2D eigenvalue weighted by Gasteiger charge is -2.14. The van der Waals surface area contributed by atoms with E-state index in [-0.39, 0.29) is 18.7 Å². The van der Waals surface area contributed by atoms with Gasteiger partial charge in [0.15, 0.2) is 6.10 Å². The number of hydrogen-bond acceptors (Lipinski definition) is 4. The number of rotatable bonds is 7. The molecule has 0 fully saturated rings. The van der Waals surface area contributed by atoms with Gasteiger partial charge in [-0.2, -0.15) is 0 Å². The third kappa shape index (κ3) is 5.58. The molecular formula is C20H22FNO4. The number of nitrogens with one attached hydrogen (secondary N) is 1. The first-order valence-corrected chi connectivity index (χ1v) is 8.31. The Bertz CT molecular complexity index is 791. The van der Waals surface area contributed by atoms with Gasteiger partial charge in [-0.05, 0) is 50.1 Å². The highest BCUT2D eigenvalue weighted by Crippen LogP contribution is 2.19. The molecule has 138 valence electrons. The highest BCUT2D eigenvalue weighted by molar-refractivity contribution is 5.95. The van der Waals surface area contributed by atoms with Crippen molar-refractivity contribution in [2.75, 3.05) is 11.9 Å². The van der Waals surface area contributed by atoms with Crippen LogP contribution in [0.4, 0.5) is 10.1 Å². The largest absolute Gasteiger partial charge is 0.493 e. The lowest BCUT2D eigenvalue weighted by Crippen LogP contribution is -2.30. The van der Waals surface area contributed by atoms with Gasteiger partial charge in [-0.1, -0.05) is 24.3 Å². The molecule has 0 saturated carbocycles. The van der Waals surface area contributed by atoms with Gasteiger partial charge < -0.3 is 14.8 Å². The number of halogens is 1. The summed E-state index contributed by atoms with van der Waals surface area (Å²) >= 11 is 0. The van der Waals surface area contributed by atoms with Crippen LogP contribution in [-0.4, -0.2) is 24.6 Å². The summed E-state index contributed by atoms with van der Waals surface area (Å²) in [5.74, 6) is -1.00. The third-order valence-electron chi connectivity index (χ3n) is 3.72. The van der Waals surface area contributed by atoms with Crippen LogP contribution in [0.25, 0.3) is 0 Å². The quantitative estimate of drug-likeness (QED) is 0.764. The summed E-state index contributed by atoms with van der Waals surface area (Å²) in [6.07, 6.45) is -1.03. The molecule has 5 nitrogen and oxygen atoms in total. The van der Waals surface area contributed by atoms with Gasteiger partial charge in [0, 0.05) is 0 Å². The molecule has 6 heteroatoms. The summed E-state index contributed by atoms with van der Waals surface area (Å²) < 4.78 is 24.2. The fourth-order valence-corrected chi connectivity index (χ4v) is 2.21. The fourth-order valence-electron chi connectivity index (χ4n) is 2.21. The number of anilines is 1. The maximum absolute atomic E-state index is 13.5. The van der Waals surface area contributed by atoms with E-state index >= 15 is 0 Å². The average Bonchev–Trinajstić information content (AvgIpc) is 2.59. The van der Waals surface area contributed by atoms with E-state index in [0.29, 0.717) is 5.75 Å². The molecule has 1 N–H and O–H groups in total. The van der Waals surface area contributed by atoms with Crippen LogP contribution in [0.1, 0.15) is 24.5 Å². The number of ether oxygens (including phenoxy) is 2. The summed E-state index contributed by atoms with van der Waals surface area (Å²) in [5, 5.41) is 2.39. The Balaban J connectivity index is 1.78. The molecule has 1 unspecified atom stereocenters. The molecular weight excluding hydrogens is 337 g/mol. The average molecular weight is 359 g/mol. The molecule has 0 aliphatic heterocycles. The minimum absolute atomic E-state index is 0.00466. The molecule has 2 rings (SSSR count). The Morgan fingerprint density at radius 1 is 1.15 bits per heavy atom. The third-order valence-corrected chi connectivity index (χ3v) is 3.72. The second-order valence-corrected chi connectivity index (χ2v) is 5.97. The molecule has 2 aromatic rings. The minimum atomic E-state index is -1.04. The van der Waals surface area contributed by atoms with E-state index in [9.17, 15) is 14.0 Å². The van der Waals surface area contributed by atoms with Gasteiger partial charge in [0.05, 0.1) is 18.7 Å². The van der Waals surface area contributed by atoms with E-state index in [2.05, 4.69) is 5.32 Å². The molecule has 26 heavy (non-hydrogen) atoms. The maximum Gasteiger partial charge on any atom is 0.310 e. The van der Waals surface area contributed by atoms with Gasteiger partial charge in [-0.25, -0.2) is 4.39 Å². The number of carbonyl (C=O) groups excluding carboxylic acids is 2. The Kier molecular flexibility index (Phi) is 6.72. The molecule has 0 bridgehead atoms. The number of benzene rings is 2. The van der Waals surface area contributed by atoms with Crippen LogP contribution in [0.3, 0.4) is 0 Å². The molecule has 0 heterocycles. The minimum Gasteiger partial charge on any atom is -0.493 e. The van der Waals surface area contributed by atoms with E-state index in [4.69, 9.17) is 9.47 Å². The summed E-state index contributed by atoms with van der Waals surface area (Å²) in [6.45, 7) is 5.45. The van der Waals surface area contributed by atoms with Gasteiger partial charge in [-0.3, -0.25) is 9.59 Å². The van der Waals surface area contributed by atoms with E-state index in [1.807, 2.05) is 32.0 Å². The molecule has 0 saturated heterocycles. The molecule has 0 spiro atoms. The van der Waals surface area contributed by atoms with Crippen LogP contribution in [-0.2, 0) is 14.3 Å². The Morgan fingerprint density at radius 2 is 1.88 bits per heavy atom. The zero-order valence-corrected chi connectivity index (χ0v) is 15.0. The van der Waals surface area contributed by atoms with Crippen molar-refractivity contribution in [2.45, 2.75) is 33.3 Å². The van der Waals surface area contributed by atoms with Gasteiger partial charge in [0.1, 0.15) is 11.6 Å². The van der Waals surface area contributed by atoms with Crippen LogP contribution in [0.5, 0.6) is 5.75 Å². The fraction of sp³-hybridized carbons (Fsp3) is 0.300. The number of para-hydroxylation sites is 1. The summed E-state index contributed by atoms with van der Waals surface area (Å²) in [5.41, 5.74) is 2.08. The highest BCUT2D eigenvalue weighted by atomic mass is 19.1. The predicted octanol–water partition coefficient (Wildman–Crippen LogP) is 3.78. The first kappa shape index (κ1) is 19.4. The molecule has 2 aromatic carbocycles. The second kappa shape index (κ2) is 8.99. The Morgan fingerprint density at radius 3 is 2.62 bits per heavy atom. The summed E-state index contributed by atoms with van der Waals surface area (Å²) in [6, 6.07) is 11.6. The van der Waals surface area contributed by atoms with Crippen LogP contribution in [0.15, 0.2) is 42.5 Å². The van der Waals surface area contributed by atoms with Crippen LogP contribution >= 0.6 is 0 Å². The highest BCUT2D eigenvalue weighted by Gasteiger charge is 2.19. The van der Waals surface area contributed by atoms with Gasteiger partial charge in [0.25, 0.3) is 5.91 Å². The zero-order valence-electron chi connectivity index (χ0n) is 15.0. The lowest BCUT2D eigenvalue weighted by atomic mass is 10.1. The van der Waals surface area contributed by atoms with Crippen molar-refractivity contribution in [3.8, 4) is 5.75 Å². The van der Waals surface area contributed by atoms with Crippen molar-refractivity contribution in [3.05, 3.63) is 59.4 Å². The number of amides is 1. The lowest BCUT2D eigenvalue weighted by molar-refractivity contribution is -0.153. The molecule has 0 radical (unpaired) electrons. The summed E-state index contributed by atoms with van der Waals surface area (Å²) in [7, 11) is 0. The number of carbonyl (C=O) groups is 2. The van der Waals surface area contributed by atoms with Crippen molar-refractivity contribution < 1.29 is 23.5 Å². The Labute approximate surface area is 152 Å². The first-order valence-electron chi connectivity index (χ1n) is 8.31. The van der Waals surface area contributed by atoms with E-state index in [1.165, 1.54) is 25.1 Å². The first-order chi connectivity index (χ1) is 12.4. The van der Waals surface area contributed by atoms with Crippen LogP contribution in [0.2, 0.25) is 0 Å². The van der Waals surface area contributed by atoms with Crippen molar-refractivity contribution in [1.82, 2.24) is 0 Å². The number of aryl methyl sites for hydroxylation is 2. The molecule has 0 aliphatic rings. The van der Waals surface area contributed by atoms with Crippen molar-refractivity contribution in [3.63, 3.8) is 0 Å². The van der Waals surface area contributed by atoms with Gasteiger partial charge >= 0.3 is 5.97 Å². The van der Waals surface area contributed by atoms with Crippen molar-refractivity contribution in [2.24, 2.45) is 0 Å². The van der Waals surface area contributed by atoms with Crippen LogP contribution < -0.4 is 10.1 Å². The normalized spacial score (nSPS) is 11.5. The molecule has 1 atom stereocenters. The van der Waals surface area contributed by atoms with Crippen LogP contribution in [0, 0.1) is 19.7 Å². The van der Waals surface area contributed by atoms with E-state index in [1.54, 1.807) is 6.07 Å². The van der Waals surface area contributed by atoms with Crippen molar-refractivity contribution in [1.29, 1.82) is 0 Å². The summed E-state index contributed by atoms with van der Waals surface area (Å²) in [4.78, 5) is 23.9. The Hall–Kier alpha value is -2.89. The van der Waals surface area contributed by atoms with Crippen molar-refractivity contribution >= 4 is 17.6 Å². The SMILES string of the molecule is Cc1ccc(C)c(OCCC(=O)OC(C)C(=O)Nc2ccccc2F)c1. The number of hydrogen-bond donors (Lipinski definition) is 1. The molecule has 0 aromatic heterocycles. The van der Waals surface area contributed by atoms with Gasteiger partial charge in [-0.15, -0.1) is 0 Å². The van der Waals surface area contributed by atoms with E-state index < -0.39 is 23.8 Å². The maximum atomic E-state index is 13.5. The topological polar surface area (TPSA) is 64.6 Å². The number of esters is 1. The molecule has 1 amide bonds. The van der Waals surface area contributed by atoms with E-state index in [0.717, 1.165) is 11.1 Å². The smallest absolute Gasteiger partial charge is 0.310 e. The monoisotopic (exact) mass is 359 g/mol. The molecule has 0 aliphatic carbocycles. The standard InChI is InChI=1S/C20H22FNO4/c1-13-8-9-14(2)18(12-13)25-11-10-19(23)26-15(3)20(24)22-17-7-5-4-6-16(17)21/h4-9,12,15H,10-11H2,1-3H3,(H,22,24).